The molecular formula is C22H46O4S. The molecule has 0 saturated heterocycles. The summed E-state index contributed by atoms with van der Waals surface area (Å²) in [5.74, 6) is 0. The molecule has 5 heteroatoms. The van der Waals surface area contributed by atoms with Gasteiger partial charge in [0, 0.05) is 0 Å². The van der Waals surface area contributed by atoms with Crippen LogP contribution in [-0.2, 0) is 10.1 Å². The van der Waals surface area contributed by atoms with E-state index < -0.39 is 15.4 Å². The van der Waals surface area contributed by atoms with Gasteiger partial charge >= 0.3 is 0 Å². The fourth-order valence-corrected chi connectivity index (χ4v) is 4.70. The molecule has 0 aliphatic heterocycles. The molecule has 0 bridgehead atoms. The monoisotopic (exact) mass is 406 g/mol. The Balaban J connectivity index is 3.38. The number of rotatable bonds is 20. The molecule has 2 atom stereocenters. The summed E-state index contributed by atoms with van der Waals surface area (Å²) < 4.78 is 31.8. The second-order valence-corrected chi connectivity index (χ2v) is 9.88. The van der Waals surface area contributed by atoms with E-state index in [-0.39, 0.29) is 6.10 Å². The molecule has 0 fully saturated rings. The molecule has 4 nitrogen and oxygen atoms in total. The van der Waals surface area contributed by atoms with Gasteiger partial charge < -0.3 is 5.11 Å². The lowest BCUT2D eigenvalue weighted by molar-refractivity contribution is 0.147. The van der Waals surface area contributed by atoms with E-state index in [9.17, 15) is 18.1 Å². The van der Waals surface area contributed by atoms with E-state index in [1.807, 2.05) is 6.92 Å². The van der Waals surface area contributed by atoms with Crippen LogP contribution in [0.15, 0.2) is 0 Å². The maximum absolute atomic E-state index is 11.3. The highest BCUT2D eigenvalue weighted by molar-refractivity contribution is 7.86. The standard InChI is InChI=1S/C22H46O4S/c1-3-5-14-18-21(23)19-15-12-10-8-6-7-9-11-13-16-20-22(17-4-2)27(24,25)26/h21-23H,3-20H2,1-2H3,(H,24,25,26). The minimum Gasteiger partial charge on any atom is -0.393 e. The fraction of sp³-hybridized carbons (Fsp3) is 1.00. The molecule has 2 N–H and O–H groups in total. The van der Waals surface area contributed by atoms with Gasteiger partial charge in [-0.3, -0.25) is 4.55 Å². The van der Waals surface area contributed by atoms with Gasteiger partial charge in [0.1, 0.15) is 0 Å². The van der Waals surface area contributed by atoms with Crippen LogP contribution in [0, 0.1) is 0 Å². The summed E-state index contributed by atoms with van der Waals surface area (Å²) >= 11 is 0. The number of aliphatic hydroxyl groups excluding tert-OH is 1. The first kappa shape index (κ1) is 26.9. The molecule has 0 aliphatic rings. The minimum absolute atomic E-state index is 0.0886. The molecule has 0 radical (unpaired) electrons. The van der Waals surface area contributed by atoms with Crippen molar-refractivity contribution in [2.45, 2.75) is 141 Å². The summed E-state index contributed by atoms with van der Waals surface area (Å²) in [6.45, 7) is 4.15. The predicted molar refractivity (Wildman–Crippen MR) is 116 cm³/mol. The summed E-state index contributed by atoms with van der Waals surface area (Å²) in [5.41, 5.74) is 0. The average Bonchev–Trinajstić information content (AvgIpc) is 2.61. The van der Waals surface area contributed by atoms with Gasteiger partial charge in [0.15, 0.2) is 0 Å². The predicted octanol–water partition coefficient (Wildman–Crippen LogP) is 6.67. The van der Waals surface area contributed by atoms with Crippen molar-refractivity contribution in [3.05, 3.63) is 0 Å². The maximum Gasteiger partial charge on any atom is 0.267 e. The van der Waals surface area contributed by atoms with E-state index in [0.717, 1.165) is 51.4 Å². The first-order valence-corrected chi connectivity index (χ1v) is 13.1. The van der Waals surface area contributed by atoms with Crippen molar-refractivity contribution in [2.24, 2.45) is 0 Å². The first-order chi connectivity index (χ1) is 12.9. The van der Waals surface area contributed by atoms with Crippen molar-refractivity contribution < 1.29 is 18.1 Å². The molecule has 164 valence electrons. The molecule has 0 aromatic rings. The largest absolute Gasteiger partial charge is 0.393 e. The highest BCUT2D eigenvalue weighted by atomic mass is 32.2. The van der Waals surface area contributed by atoms with E-state index in [1.54, 1.807) is 0 Å². The van der Waals surface area contributed by atoms with Crippen molar-refractivity contribution in [2.75, 3.05) is 0 Å². The van der Waals surface area contributed by atoms with Gasteiger partial charge in [0.2, 0.25) is 0 Å². The second-order valence-electron chi connectivity index (χ2n) is 8.19. The highest BCUT2D eigenvalue weighted by Gasteiger charge is 2.20. The zero-order valence-corrected chi connectivity index (χ0v) is 18.8. The number of aliphatic hydroxyl groups is 1. The normalized spacial score (nSPS) is 14.4. The van der Waals surface area contributed by atoms with Crippen molar-refractivity contribution in [1.29, 1.82) is 0 Å². The van der Waals surface area contributed by atoms with Gasteiger partial charge in [-0.1, -0.05) is 104 Å². The van der Waals surface area contributed by atoms with Crippen molar-refractivity contribution in [3.8, 4) is 0 Å². The Morgan fingerprint density at radius 1 is 0.593 bits per heavy atom. The van der Waals surface area contributed by atoms with Gasteiger partial charge in [-0.15, -0.1) is 0 Å². The smallest absolute Gasteiger partial charge is 0.267 e. The Hall–Kier alpha value is -0.130. The number of hydrogen-bond acceptors (Lipinski definition) is 3. The molecule has 0 aromatic carbocycles. The zero-order chi connectivity index (χ0) is 20.4. The molecular weight excluding hydrogens is 360 g/mol. The molecule has 0 aromatic heterocycles. The quantitative estimate of drug-likeness (QED) is 0.175. The molecule has 0 aliphatic carbocycles. The van der Waals surface area contributed by atoms with Gasteiger partial charge in [-0.05, 0) is 25.7 Å². The van der Waals surface area contributed by atoms with Crippen LogP contribution in [-0.4, -0.2) is 29.4 Å². The zero-order valence-electron chi connectivity index (χ0n) is 18.0. The summed E-state index contributed by atoms with van der Waals surface area (Å²) in [6.07, 6.45) is 19.2. The number of hydrogen-bond donors (Lipinski definition) is 2. The highest BCUT2D eigenvalue weighted by Crippen LogP contribution is 2.18. The lowest BCUT2D eigenvalue weighted by atomic mass is 10.0. The summed E-state index contributed by atoms with van der Waals surface area (Å²) in [5, 5.41) is 9.32. The third-order valence-electron chi connectivity index (χ3n) is 5.49. The first-order valence-electron chi connectivity index (χ1n) is 11.6. The van der Waals surface area contributed by atoms with E-state index >= 15 is 0 Å². The third kappa shape index (κ3) is 17.7. The van der Waals surface area contributed by atoms with Gasteiger partial charge in [0.05, 0.1) is 11.4 Å². The Labute approximate surface area is 169 Å². The average molecular weight is 407 g/mol. The van der Waals surface area contributed by atoms with Crippen LogP contribution in [0.25, 0.3) is 0 Å². The Morgan fingerprint density at radius 2 is 1.00 bits per heavy atom. The minimum atomic E-state index is -3.87. The lowest BCUT2D eigenvalue weighted by Gasteiger charge is -2.12. The van der Waals surface area contributed by atoms with Gasteiger partial charge in [0.25, 0.3) is 10.1 Å². The molecule has 0 heterocycles. The molecule has 2 unspecified atom stereocenters. The molecule has 0 saturated carbocycles. The summed E-state index contributed by atoms with van der Waals surface area (Å²) in [6, 6.07) is 0. The molecule has 0 rings (SSSR count). The van der Waals surface area contributed by atoms with E-state index in [2.05, 4.69) is 6.92 Å². The van der Waals surface area contributed by atoms with E-state index in [0.29, 0.717) is 12.8 Å². The molecule has 0 spiro atoms. The van der Waals surface area contributed by atoms with Crippen molar-refractivity contribution in [1.82, 2.24) is 0 Å². The van der Waals surface area contributed by atoms with Crippen LogP contribution in [0.1, 0.15) is 129 Å². The van der Waals surface area contributed by atoms with Crippen LogP contribution >= 0.6 is 0 Å². The SMILES string of the molecule is CCCCCC(O)CCCCCCCCCCCCC(CCC)S(=O)(=O)O. The van der Waals surface area contributed by atoms with Crippen LogP contribution < -0.4 is 0 Å². The topological polar surface area (TPSA) is 74.6 Å². The lowest BCUT2D eigenvalue weighted by Crippen LogP contribution is -2.20. The fourth-order valence-electron chi connectivity index (χ4n) is 3.70. The van der Waals surface area contributed by atoms with Gasteiger partial charge in [-0.25, -0.2) is 0 Å². The second kappa shape index (κ2) is 17.9. The summed E-state index contributed by atoms with van der Waals surface area (Å²) in [4.78, 5) is 0. The van der Waals surface area contributed by atoms with Crippen molar-refractivity contribution >= 4 is 10.1 Å². The van der Waals surface area contributed by atoms with Crippen LogP contribution in [0.4, 0.5) is 0 Å². The van der Waals surface area contributed by atoms with Crippen molar-refractivity contribution in [3.63, 3.8) is 0 Å². The van der Waals surface area contributed by atoms with Crippen LogP contribution in [0.5, 0.6) is 0 Å². The van der Waals surface area contributed by atoms with Crippen LogP contribution in [0.3, 0.4) is 0 Å². The Bertz CT molecular complexity index is 409. The molecule has 27 heavy (non-hydrogen) atoms. The number of unbranched alkanes of at least 4 members (excludes halogenated alkanes) is 11. The third-order valence-corrected chi connectivity index (χ3v) is 6.80. The van der Waals surface area contributed by atoms with Crippen LogP contribution in [0.2, 0.25) is 0 Å². The molecule has 0 amide bonds. The van der Waals surface area contributed by atoms with E-state index in [1.165, 1.54) is 51.4 Å². The van der Waals surface area contributed by atoms with E-state index in [4.69, 9.17) is 0 Å². The maximum atomic E-state index is 11.3. The van der Waals surface area contributed by atoms with Gasteiger partial charge in [-0.2, -0.15) is 8.42 Å². The Morgan fingerprint density at radius 3 is 1.41 bits per heavy atom. The Kier molecular flexibility index (Phi) is 17.8. The summed E-state index contributed by atoms with van der Waals surface area (Å²) in [7, 11) is -3.87.